The summed E-state index contributed by atoms with van der Waals surface area (Å²) in [6.45, 7) is 0. The van der Waals surface area contributed by atoms with Crippen molar-refractivity contribution in [2.45, 2.75) is 6.04 Å². The molecule has 1 aliphatic heterocycles. The van der Waals surface area contributed by atoms with Crippen molar-refractivity contribution in [1.82, 2.24) is 14.8 Å². The number of hydrogen-bond acceptors (Lipinski definition) is 5. The maximum Gasteiger partial charge on any atom is 0.268 e. The van der Waals surface area contributed by atoms with Gasteiger partial charge < -0.3 is 5.32 Å². The summed E-state index contributed by atoms with van der Waals surface area (Å²) in [5, 5.41) is 13.2. The molecule has 2 aromatic heterocycles. The van der Waals surface area contributed by atoms with Crippen LogP contribution in [-0.2, 0) is 0 Å². The Morgan fingerprint density at radius 3 is 2.60 bits per heavy atom. The van der Waals surface area contributed by atoms with Crippen molar-refractivity contribution in [3.8, 4) is 0 Å². The standard InChI is InChI=1S/C22H16ClN5OS/c23-16-10-8-15(9-11-16)18-13-17(14-5-2-1-3-6-14)24-22-26-21(27-28(18)22)25-20(29)19-7-4-12-30-19/h1-13,18H,(H2,24,25,26,27,29)/t18-/m1/s1. The second-order valence-corrected chi connectivity index (χ2v) is 8.09. The van der Waals surface area contributed by atoms with Gasteiger partial charge in [-0.15, -0.1) is 16.4 Å². The van der Waals surface area contributed by atoms with E-state index in [1.54, 1.807) is 10.7 Å². The molecule has 1 aliphatic rings. The number of aromatic nitrogens is 3. The second-order valence-electron chi connectivity index (χ2n) is 6.70. The number of thiophene rings is 1. The highest BCUT2D eigenvalue weighted by Crippen LogP contribution is 2.33. The summed E-state index contributed by atoms with van der Waals surface area (Å²) in [5.74, 6) is 0.572. The molecule has 0 fully saturated rings. The number of allylic oxidation sites excluding steroid dienone is 1. The first kappa shape index (κ1) is 18.6. The Balaban J connectivity index is 1.53. The fraction of sp³-hybridized carbons (Fsp3) is 0.0455. The van der Waals surface area contributed by atoms with Crippen LogP contribution in [0.2, 0.25) is 5.02 Å². The molecule has 0 radical (unpaired) electrons. The van der Waals surface area contributed by atoms with Gasteiger partial charge in [0.1, 0.15) is 6.04 Å². The summed E-state index contributed by atoms with van der Waals surface area (Å²) in [4.78, 5) is 17.5. The van der Waals surface area contributed by atoms with Gasteiger partial charge >= 0.3 is 0 Å². The van der Waals surface area contributed by atoms with Gasteiger partial charge in [-0.1, -0.05) is 60.1 Å². The van der Waals surface area contributed by atoms with Gasteiger partial charge in [0.25, 0.3) is 11.9 Å². The van der Waals surface area contributed by atoms with Crippen LogP contribution in [0.3, 0.4) is 0 Å². The molecule has 0 saturated carbocycles. The molecule has 1 amide bonds. The Morgan fingerprint density at radius 2 is 1.87 bits per heavy atom. The number of nitrogens with zero attached hydrogens (tertiary/aromatic N) is 3. The third-order valence-electron chi connectivity index (χ3n) is 4.73. The average molecular weight is 434 g/mol. The van der Waals surface area contributed by atoms with E-state index < -0.39 is 0 Å². The zero-order valence-electron chi connectivity index (χ0n) is 15.6. The Bertz CT molecular complexity index is 1220. The van der Waals surface area contributed by atoms with Crippen LogP contribution >= 0.6 is 22.9 Å². The summed E-state index contributed by atoms with van der Waals surface area (Å²) in [6, 6.07) is 21.0. The van der Waals surface area contributed by atoms with Gasteiger partial charge in [-0.3, -0.25) is 10.1 Å². The lowest BCUT2D eigenvalue weighted by Gasteiger charge is -2.24. The van der Waals surface area contributed by atoms with E-state index in [1.165, 1.54) is 11.3 Å². The highest BCUT2D eigenvalue weighted by Gasteiger charge is 2.26. The smallest absolute Gasteiger partial charge is 0.268 e. The number of fused-ring (bicyclic) bond motifs is 1. The summed E-state index contributed by atoms with van der Waals surface area (Å²) in [6.07, 6.45) is 2.09. The van der Waals surface area contributed by atoms with Crippen LogP contribution in [-0.4, -0.2) is 20.7 Å². The first-order valence-electron chi connectivity index (χ1n) is 9.28. The Morgan fingerprint density at radius 1 is 1.07 bits per heavy atom. The van der Waals surface area contributed by atoms with Gasteiger partial charge in [0, 0.05) is 10.7 Å². The normalized spacial score (nSPS) is 15.1. The number of anilines is 2. The predicted molar refractivity (Wildman–Crippen MR) is 120 cm³/mol. The van der Waals surface area contributed by atoms with Crippen molar-refractivity contribution in [1.29, 1.82) is 0 Å². The Labute approximate surface area is 181 Å². The van der Waals surface area contributed by atoms with E-state index in [2.05, 4.69) is 26.8 Å². The number of halogens is 1. The van der Waals surface area contributed by atoms with Crippen LogP contribution in [0, 0.1) is 0 Å². The molecule has 1 atom stereocenters. The molecule has 6 nitrogen and oxygen atoms in total. The fourth-order valence-electron chi connectivity index (χ4n) is 3.30. The number of carbonyl (C=O) groups excluding carboxylic acids is 1. The highest BCUT2D eigenvalue weighted by atomic mass is 35.5. The van der Waals surface area contributed by atoms with E-state index in [0.717, 1.165) is 16.8 Å². The molecule has 2 N–H and O–H groups in total. The summed E-state index contributed by atoms with van der Waals surface area (Å²) < 4.78 is 1.76. The van der Waals surface area contributed by atoms with Crippen LogP contribution in [0.25, 0.3) is 5.70 Å². The van der Waals surface area contributed by atoms with E-state index >= 15 is 0 Å². The lowest BCUT2D eigenvalue weighted by atomic mass is 10.0. The minimum atomic E-state index is -0.229. The number of hydrogen-bond donors (Lipinski definition) is 2. The Hall–Kier alpha value is -3.42. The van der Waals surface area contributed by atoms with Crippen LogP contribution in [0.1, 0.15) is 26.8 Å². The maximum atomic E-state index is 12.4. The van der Waals surface area contributed by atoms with E-state index in [4.69, 9.17) is 11.6 Å². The molecule has 0 spiro atoms. The van der Waals surface area contributed by atoms with Crippen molar-refractivity contribution in [3.05, 3.63) is 99.2 Å². The fourth-order valence-corrected chi connectivity index (χ4v) is 4.05. The minimum absolute atomic E-state index is 0.200. The molecule has 0 unspecified atom stereocenters. The molecular formula is C22H16ClN5OS. The highest BCUT2D eigenvalue weighted by molar-refractivity contribution is 7.12. The van der Waals surface area contributed by atoms with Crippen molar-refractivity contribution >= 4 is 46.4 Å². The van der Waals surface area contributed by atoms with Gasteiger partial charge in [0.2, 0.25) is 5.95 Å². The zero-order chi connectivity index (χ0) is 20.5. The topological polar surface area (TPSA) is 71.8 Å². The lowest BCUT2D eigenvalue weighted by Crippen LogP contribution is -2.20. The summed E-state index contributed by atoms with van der Waals surface area (Å²) in [5.41, 5.74) is 2.97. The maximum absolute atomic E-state index is 12.4. The van der Waals surface area contributed by atoms with Crippen LogP contribution < -0.4 is 10.6 Å². The second kappa shape index (κ2) is 7.78. The van der Waals surface area contributed by atoms with E-state index in [-0.39, 0.29) is 17.9 Å². The predicted octanol–water partition coefficient (Wildman–Crippen LogP) is 5.30. The van der Waals surface area contributed by atoms with Gasteiger partial charge in [0.15, 0.2) is 0 Å². The van der Waals surface area contributed by atoms with Gasteiger partial charge in [-0.25, -0.2) is 4.68 Å². The molecule has 3 heterocycles. The van der Waals surface area contributed by atoms with Gasteiger partial charge in [-0.2, -0.15) is 4.98 Å². The number of benzene rings is 2. The molecule has 5 rings (SSSR count). The first-order valence-corrected chi connectivity index (χ1v) is 10.5. The molecule has 148 valence electrons. The third-order valence-corrected chi connectivity index (χ3v) is 5.85. The average Bonchev–Trinajstić information content (AvgIpc) is 3.44. The molecule has 0 aliphatic carbocycles. The first-order chi connectivity index (χ1) is 14.7. The van der Waals surface area contributed by atoms with Gasteiger partial charge in [0.05, 0.1) is 4.88 Å². The molecule has 4 aromatic rings. The van der Waals surface area contributed by atoms with Crippen LogP contribution in [0.4, 0.5) is 11.9 Å². The van der Waals surface area contributed by atoms with E-state index in [0.29, 0.717) is 15.8 Å². The molecule has 2 aromatic carbocycles. The van der Waals surface area contributed by atoms with Crippen LogP contribution in [0.15, 0.2) is 78.2 Å². The molecule has 30 heavy (non-hydrogen) atoms. The zero-order valence-corrected chi connectivity index (χ0v) is 17.2. The molecule has 0 saturated heterocycles. The van der Waals surface area contributed by atoms with Crippen molar-refractivity contribution in [2.24, 2.45) is 0 Å². The number of amides is 1. The van der Waals surface area contributed by atoms with Crippen molar-refractivity contribution in [3.63, 3.8) is 0 Å². The number of nitrogens with one attached hydrogen (secondary N) is 2. The number of rotatable bonds is 4. The van der Waals surface area contributed by atoms with Crippen LogP contribution in [0.5, 0.6) is 0 Å². The Kier molecular flexibility index (Phi) is 4.82. The van der Waals surface area contributed by atoms with Gasteiger partial charge in [-0.05, 0) is 40.8 Å². The van der Waals surface area contributed by atoms with Crippen molar-refractivity contribution in [2.75, 3.05) is 10.6 Å². The molecule has 8 heteroatoms. The summed E-state index contributed by atoms with van der Waals surface area (Å²) >= 11 is 7.45. The number of carbonyl (C=O) groups is 1. The van der Waals surface area contributed by atoms with E-state index in [1.807, 2.05) is 66.0 Å². The minimum Gasteiger partial charge on any atom is -0.324 e. The lowest BCUT2D eigenvalue weighted by molar-refractivity contribution is 0.102. The van der Waals surface area contributed by atoms with Crippen molar-refractivity contribution < 1.29 is 4.79 Å². The molecule has 0 bridgehead atoms. The third kappa shape index (κ3) is 3.60. The summed E-state index contributed by atoms with van der Waals surface area (Å²) in [7, 11) is 0. The van der Waals surface area contributed by atoms with E-state index in [9.17, 15) is 4.79 Å². The monoisotopic (exact) mass is 433 g/mol. The SMILES string of the molecule is O=C(Nc1nc2n(n1)[C@@H](c1ccc(Cl)cc1)C=C(c1ccccc1)N2)c1cccs1. The quantitative estimate of drug-likeness (QED) is 0.458. The molecular weight excluding hydrogens is 418 g/mol. The largest absolute Gasteiger partial charge is 0.324 e.